The number of benzene rings is 1. The van der Waals surface area contributed by atoms with E-state index >= 15 is 0 Å². The van der Waals surface area contributed by atoms with Crippen LogP contribution in [0.4, 0.5) is 0 Å². The van der Waals surface area contributed by atoms with Crippen molar-refractivity contribution in [3.63, 3.8) is 0 Å². The maximum absolute atomic E-state index is 12.6. The summed E-state index contributed by atoms with van der Waals surface area (Å²) >= 11 is 6.01. The predicted molar refractivity (Wildman–Crippen MR) is 87.1 cm³/mol. The quantitative estimate of drug-likeness (QED) is 0.841. The highest BCUT2D eigenvalue weighted by Gasteiger charge is 2.25. The third-order valence-corrected chi connectivity index (χ3v) is 3.67. The summed E-state index contributed by atoms with van der Waals surface area (Å²) in [6.07, 6.45) is 0. The molecule has 0 saturated carbocycles. The molecule has 1 aromatic carbocycles. The lowest BCUT2D eigenvalue weighted by atomic mass is 10.1. The van der Waals surface area contributed by atoms with Gasteiger partial charge in [0.05, 0.1) is 11.3 Å². The summed E-state index contributed by atoms with van der Waals surface area (Å²) in [6.45, 7) is 6.50. The van der Waals surface area contributed by atoms with Crippen LogP contribution in [0.2, 0.25) is 5.02 Å². The van der Waals surface area contributed by atoms with Crippen molar-refractivity contribution in [2.75, 3.05) is 0 Å². The van der Waals surface area contributed by atoms with Gasteiger partial charge in [-0.25, -0.2) is 9.59 Å². The summed E-state index contributed by atoms with van der Waals surface area (Å²) < 4.78 is 1.71. The van der Waals surface area contributed by atoms with Crippen molar-refractivity contribution >= 4 is 17.6 Å². The lowest BCUT2D eigenvalue weighted by Gasteiger charge is -2.23. The van der Waals surface area contributed by atoms with Crippen LogP contribution in [-0.4, -0.2) is 15.3 Å². The summed E-state index contributed by atoms with van der Waals surface area (Å²) in [4.78, 5) is 42.1. The topological polar surface area (TPSA) is 70.3 Å². The molecule has 23 heavy (non-hydrogen) atoms. The molecule has 0 aliphatic rings. The van der Waals surface area contributed by atoms with Crippen LogP contribution >= 0.6 is 11.6 Å². The molecule has 1 aromatic heterocycles. The molecule has 0 atom stereocenters. The van der Waals surface area contributed by atoms with E-state index < -0.39 is 22.8 Å². The second-order valence-corrected chi connectivity index (χ2v) is 6.41. The number of halogens is 1. The molecule has 6 nitrogen and oxygen atoms in total. The minimum atomic E-state index is -0.813. The van der Waals surface area contributed by atoms with E-state index in [1.54, 1.807) is 51.1 Å². The summed E-state index contributed by atoms with van der Waals surface area (Å²) in [5.74, 6) is -0.717. The van der Waals surface area contributed by atoms with Crippen molar-refractivity contribution in [3.05, 3.63) is 67.4 Å². The van der Waals surface area contributed by atoms with Gasteiger partial charge < -0.3 is 4.84 Å². The van der Waals surface area contributed by atoms with Crippen molar-refractivity contribution in [1.29, 1.82) is 0 Å². The minimum Gasteiger partial charge on any atom is -0.326 e. The van der Waals surface area contributed by atoms with Crippen molar-refractivity contribution in [2.45, 2.75) is 33.2 Å². The molecule has 0 aliphatic carbocycles. The van der Waals surface area contributed by atoms with Gasteiger partial charge in [0.2, 0.25) is 0 Å². The standard InChI is InChI=1S/C16H17ClN2O4/c1-10-12(17)13(20)18(16(2,3)4)15(22)19(10)23-14(21)11-8-6-5-7-9-11/h5-9H,1-4H3. The van der Waals surface area contributed by atoms with Gasteiger partial charge in [-0.15, -0.1) is 4.73 Å². The van der Waals surface area contributed by atoms with Gasteiger partial charge in [0.25, 0.3) is 5.56 Å². The lowest BCUT2D eigenvalue weighted by molar-refractivity contribution is 0.0406. The van der Waals surface area contributed by atoms with Crippen LogP contribution in [0, 0.1) is 6.92 Å². The molecule has 2 rings (SSSR count). The second kappa shape index (κ2) is 6.04. The largest absolute Gasteiger partial charge is 0.365 e. The normalized spacial score (nSPS) is 11.3. The van der Waals surface area contributed by atoms with E-state index in [0.29, 0.717) is 0 Å². The Morgan fingerprint density at radius 2 is 1.70 bits per heavy atom. The van der Waals surface area contributed by atoms with Gasteiger partial charge in [-0.05, 0) is 39.8 Å². The van der Waals surface area contributed by atoms with Gasteiger partial charge in [0.15, 0.2) is 0 Å². The van der Waals surface area contributed by atoms with Crippen LogP contribution in [-0.2, 0) is 5.54 Å². The van der Waals surface area contributed by atoms with E-state index in [2.05, 4.69) is 0 Å². The van der Waals surface area contributed by atoms with Gasteiger partial charge in [0.1, 0.15) is 5.02 Å². The zero-order valence-corrected chi connectivity index (χ0v) is 14.0. The summed E-state index contributed by atoms with van der Waals surface area (Å²) in [5, 5.41) is -0.166. The number of carbonyl (C=O) groups is 1. The SMILES string of the molecule is Cc1c(Cl)c(=O)n(C(C)(C)C)c(=O)n1OC(=O)c1ccccc1. The Kier molecular flexibility index (Phi) is 4.47. The van der Waals surface area contributed by atoms with Crippen molar-refractivity contribution in [2.24, 2.45) is 0 Å². The Morgan fingerprint density at radius 1 is 1.13 bits per heavy atom. The molecule has 2 aromatic rings. The predicted octanol–water partition coefficient (Wildman–Crippen LogP) is 2.00. The number of hydrogen-bond acceptors (Lipinski definition) is 4. The fourth-order valence-electron chi connectivity index (χ4n) is 2.07. The molecule has 7 heteroatoms. The van der Waals surface area contributed by atoms with Crippen molar-refractivity contribution < 1.29 is 9.63 Å². The molecule has 0 amide bonds. The van der Waals surface area contributed by atoms with Crippen molar-refractivity contribution in [1.82, 2.24) is 9.30 Å². The van der Waals surface area contributed by atoms with Crippen LogP contribution in [0.25, 0.3) is 0 Å². The molecule has 122 valence electrons. The summed E-state index contributed by atoms with van der Waals surface area (Å²) in [7, 11) is 0. The van der Waals surface area contributed by atoms with Crippen LogP contribution in [0.3, 0.4) is 0 Å². The zero-order valence-electron chi connectivity index (χ0n) is 13.3. The molecule has 0 bridgehead atoms. The van der Waals surface area contributed by atoms with Crippen LogP contribution in [0.1, 0.15) is 36.8 Å². The Labute approximate surface area is 137 Å². The molecule has 1 heterocycles. The highest BCUT2D eigenvalue weighted by atomic mass is 35.5. The Hall–Kier alpha value is -2.34. The van der Waals surface area contributed by atoms with Gasteiger partial charge in [-0.2, -0.15) is 0 Å². The molecular weight excluding hydrogens is 320 g/mol. The molecule has 0 radical (unpaired) electrons. The van der Waals surface area contributed by atoms with E-state index in [1.807, 2.05) is 0 Å². The van der Waals surface area contributed by atoms with E-state index in [0.717, 1.165) is 9.30 Å². The van der Waals surface area contributed by atoms with E-state index in [-0.39, 0.29) is 16.3 Å². The molecule has 0 unspecified atom stereocenters. The third kappa shape index (κ3) is 3.22. The van der Waals surface area contributed by atoms with Gasteiger partial charge >= 0.3 is 11.7 Å². The highest BCUT2D eigenvalue weighted by molar-refractivity contribution is 6.31. The third-order valence-electron chi connectivity index (χ3n) is 3.23. The van der Waals surface area contributed by atoms with Crippen LogP contribution < -0.4 is 16.1 Å². The molecule has 0 N–H and O–H groups in total. The van der Waals surface area contributed by atoms with E-state index in [1.165, 1.54) is 6.92 Å². The van der Waals surface area contributed by atoms with Gasteiger partial charge in [-0.3, -0.25) is 9.36 Å². The first-order valence-corrected chi connectivity index (χ1v) is 7.34. The fraction of sp³-hybridized carbons (Fsp3) is 0.312. The Morgan fingerprint density at radius 3 is 2.22 bits per heavy atom. The molecule has 0 fully saturated rings. The number of aromatic nitrogens is 2. The lowest BCUT2D eigenvalue weighted by Crippen LogP contribution is -2.50. The highest BCUT2D eigenvalue weighted by Crippen LogP contribution is 2.12. The van der Waals surface area contributed by atoms with Crippen molar-refractivity contribution in [3.8, 4) is 0 Å². The van der Waals surface area contributed by atoms with Gasteiger partial charge in [0, 0.05) is 5.54 Å². The van der Waals surface area contributed by atoms with E-state index in [4.69, 9.17) is 16.4 Å². The number of carbonyl (C=O) groups excluding carboxylic acids is 1. The Bertz CT molecular complexity index is 861. The number of hydrogen-bond donors (Lipinski definition) is 0. The monoisotopic (exact) mass is 336 g/mol. The molecule has 0 spiro atoms. The maximum atomic E-state index is 12.6. The first-order chi connectivity index (χ1) is 10.6. The first kappa shape index (κ1) is 17.0. The Balaban J connectivity index is 2.60. The molecule has 0 aliphatic heterocycles. The van der Waals surface area contributed by atoms with Gasteiger partial charge in [-0.1, -0.05) is 29.8 Å². The zero-order chi connectivity index (χ0) is 17.4. The van der Waals surface area contributed by atoms with Crippen LogP contribution in [0.15, 0.2) is 39.9 Å². The average molecular weight is 337 g/mol. The fourth-order valence-corrected chi connectivity index (χ4v) is 2.23. The first-order valence-electron chi connectivity index (χ1n) is 6.97. The minimum absolute atomic E-state index is 0.0754. The maximum Gasteiger partial charge on any atom is 0.365 e. The summed E-state index contributed by atoms with van der Waals surface area (Å²) in [6, 6.07) is 8.23. The number of nitrogens with zero attached hydrogens (tertiary/aromatic N) is 2. The number of rotatable bonds is 2. The smallest absolute Gasteiger partial charge is 0.326 e. The average Bonchev–Trinajstić information content (AvgIpc) is 2.49. The molecule has 0 saturated heterocycles. The summed E-state index contributed by atoms with van der Waals surface area (Å²) in [5.41, 5.74) is -1.83. The second-order valence-electron chi connectivity index (χ2n) is 6.03. The van der Waals surface area contributed by atoms with Crippen LogP contribution in [0.5, 0.6) is 0 Å². The molecular formula is C16H17ClN2O4. The van der Waals surface area contributed by atoms with E-state index in [9.17, 15) is 14.4 Å².